The molecule has 1 amide bonds. The molecule has 162 valence electrons. The molecule has 0 fully saturated rings. The first kappa shape index (κ1) is 21.1. The molecule has 9 heteroatoms. The highest BCUT2D eigenvalue weighted by Crippen LogP contribution is 2.44. The lowest BCUT2D eigenvalue weighted by Gasteiger charge is -2.32. The third-order valence-electron chi connectivity index (χ3n) is 5.65. The van der Waals surface area contributed by atoms with E-state index in [0.29, 0.717) is 22.4 Å². The van der Waals surface area contributed by atoms with Gasteiger partial charge in [-0.05, 0) is 35.9 Å². The highest BCUT2D eigenvalue weighted by atomic mass is 32.2. The summed E-state index contributed by atoms with van der Waals surface area (Å²) in [6, 6.07) is 10.5. The second-order valence-electron chi connectivity index (χ2n) is 8.32. The van der Waals surface area contributed by atoms with E-state index in [1.54, 1.807) is 24.3 Å². The van der Waals surface area contributed by atoms with Gasteiger partial charge in [0.05, 0.1) is 11.8 Å². The van der Waals surface area contributed by atoms with Crippen LogP contribution < -0.4 is 15.8 Å². The van der Waals surface area contributed by atoms with Crippen molar-refractivity contribution in [2.24, 2.45) is 0 Å². The highest BCUT2D eigenvalue weighted by molar-refractivity contribution is 7.88. The fourth-order valence-corrected chi connectivity index (χ4v) is 4.58. The van der Waals surface area contributed by atoms with Gasteiger partial charge in [-0.2, -0.15) is 0 Å². The number of sulfonamides is 1. The first-order chi connectivity index (χ1) is 14.5. The van der Waals surface area contributed by atoms with Gasteiger partial charge in [-0.25, -0.2) is 13.1 Å². The van der Waals surface area contributed by atoms with E-state index in [0.717, 1.165) is 28.4 Å². The number of rotatable bonds is 5. The Balaban J connectivity index is 1.67. The van der Waals surface area contributed by atoms with Gasteiger partial charge in [-0.1, -0.05) is 19.9 Å². The minimum atomic E-state index is -3.31. The van der Waals surface area contributed by atoms with Crippen LogP contribution in [-0.2, 0) is 15.4 Å². The average molecular weight is 441 g/mol. The largest absolute Gasteiger partial charge is 0.399 e. The number of aromatic amines is 1. The third kappa shape index (κ3) is 3.70. The molecule has 1 aromatic heterocycles. The first-order valence-electron chi connectivity index (χ1n) is 9.83. The molecule has 31 heavy (non-hydrogen) atoms. The number of hydrogen-bond donors (Lipinski definition) is 4. The van der Waals surface area contributed by atoms with Crippen LogP contribution in [0.5, 0.6) is 0 Å². The van der Waals surface area contributed by atoms with Gasteiger partial charge >= 0.3 is 0 Å². The molecule has 4 rings (SSSR count). The summed E-state index contributed by atoms with van der Waals surface area (Å²) in [4.78, 5) is 29.3. The normalized spacial score (nSPS) is 14.9. The number of fused-ring (bicyclic) bond motifs is 4. The molecule has 5 N–H and O–H groups in total. The first-order valence-corrected chi connectivity index (χ1v) is 11.7. The maximum atomic E-state index is 13.3. The van der Waals surface area contributed by atoms with Crippen LogP contribution in [0.4, 0.5) is 5.69 Å². The number of nitrogen functional groups attached to an aromatic ring is 1. The van der Waals surface area contributed by atoms with E-state index in [1.807, 2.05) is 26.0 Å². The summed E-state index contributed by atoms with van der Waals surface area (Å²) >= 11 is 0. The molecule has 0 radical (unpaired) electrons. The number of ketones is 1. The zero-order valence-electron chi connectivity index (χ0n) is 17.5. The van der Waals surface area contributed by atoms with Crippen LogP contribution >= 0.6 is 0 Å². The Morgan fingerprint density at radius 1 is 1.13 bits per heavy atom. The van der Waals surface area contributed by atoms with Gasteiger partial charge in [0.15, 0.2) is 5.78 Å². The minimum absolute atomic E-state index is 0.0929. The van der Waals surface area contributed by atoms with E-state index in [2.05, 4.69) is 15.0 Å². The molecule has 0 saturated heterocycles. The maximum Gasteiger partial charge on any atom is 0.251 e. The number of hydrogen-bond acceptors (Lipinski definition) is 5. The third-order valence-corrected chi connectivity index (χ3v) is 6.38. The Bertz CT molecular complexity index is 1340. The Morgan fingerprint density at radius 2 is 1.87 bits per heavy atom. The molecule has 1 aliphatic carbocycles. The standard InChI is InChI=1S/C22H24N4O4S/c1-22(2)16-10-12(21(28)24-8-9-25-31(3,29)30)4-6-14(16)19(27)18-15-7-5-13(23)11-17(15)26-20(18)22/h4-7,10-11,25-26H,8-9,23H2,1-3H3,(H,24,28). The Labute approximate surface area is 180 Å². The van der Waals surface area contributed by atoms with Crippen LogP contribution in [-0.4, -0.2) is 44.4 Å². The number of benzene rings is 2. The summed E-state index contributed by atoms with van der Waals surface area (Å²) in [5.41, 5.74) is 9.93. The second kappa shape index (κ2) is 7.21. The molecule has 0 bridgehead atoms. The van der Waals surface area contributed by atoms with Crippen molar-refractivity contribution in [2.45, 2.75) is 19.3 Å². The van der Waals surface area contributed by atoms with Gasteiger partial charge in [0.1, 0.15) is 0 Å². The van der Waals surface area contributed by atoms with Gasteiger partial charge in [0.25, 0.3) is 5.91 Å². The predicted octanol–water partition coefficient (Wildman–Crippen LogP) is 1.90. The summed E-state index contributed by atoms with van der Waals surface area (Å²) in [6.07, 6.45) is 1.06. The SMILES string of the molecule is CC1(C)c2cc(C(=O)NCCNS(C)(=O)=O)ccc2C(=O)c2c1[nH]c1cc(N)ccc21. The van der Waals surface area contributed by atoms with Crippen molar-refractivity contribution in [1.82, 2.24) is 15.0 Å². The number of nitrogens with one attached hydrogen (secondary N) is 3. The molecule has 0 unspecified atom stereocenters. The molecular weight excluding hydrogens is 416 g/mol. The zero-order valence-corrected chi connectivity index (χ0v) is 18.3. The van der Waals surface area contributed by atoms with E-state index >= 15 is 0 Å². The predicted molar refractivity (Wildman–Crippen MR) is 120 cm³/mol. The molecule has 1 aliphatic rings. The number of aromatic nitrogens is 1. The Morgan fingerprint density at radius 3 is 2.58 bits per heavy atom. The number of carbonyl (C=O) groups is 2. The molecule has 2 aromatic carbocycles. The number of nitrogens with two attached hydrogens (primary N) is 1. The summed E-state index contributed by atoms with van der Waals surface area (Å²) in [6.45, 7) is 4.26. The van der Waals surface area contributed by atoms with Crippen LogP contribution in [0.1, 0.15) is 51.4 Å². The van der Waals surface area contributed by atoms with E-state index in [4.69, 9.17) is 5.73 Å². The maximum absolute atomic E-state index is 13.3. The van der Waals surface area contributed by atoms with E-state index in [-0.39, 0.29) is 24.8 Å². The molecule has 3 aromatic rings. The number of H-pyrrole nitrogens is 1. The van der Waals surface area contributed by atoms with Gasteiger partial charge in [-0.3, -0.25) is 9.59 Å². The topological polar surface area (TPSA) is 134 Å². The molecule has 8 nitrogen and oxygen atoms in total. The summed E-state index contributed by atoms with van der Waals surface area (Å²) in [7, 11) is -3.31. The van der Waals surface area contributed by atoms with Crippen molar-refractivity contribution >= 4 is 38.3 Å². The van der Waals surface area contributed by atoms with Crippen molar-refractivity contribution < 1.29 is 18.0 Å². The Hall–Kier alpha value is -3.17. The Kier molecular flexibility index (Phi) is 4.90. The second-order valence-corrected chi connectivity index (χ2v) is 10.1. The van der Waals surface area contributed by atoms with E-state index in [1.165, 1.54) is 0 Å². The van der Waals surface area contributed by atoms with Crippen molar-refractivity contribution in [1.29, 1.82) is 0 Å². The van der Waals surface area contributed by atoms with Crippen LogP contribution in [0.25, 0.3) is 10.9 Å². The molecular formula is C22H24N4O4S. The minimum Gasteiger partial charge on any atom is -0.399 e. The lowest BCUT2D eigenvalue weighted by Crippen LogP contribution is -2.35. The van der Waals surface area contributed by atoms with E-state index in [9.17, 15) is 18.0 Å². The van der Waals surface area contributed by atoms with Gasteiger partial charge in [0.2, 0.25) is 10.0 Å². The summed E-state index contributed by atoms with van der Waals surface area (Å²) < 4.78 is 24.6. The van der Waals surface area contributed by atoms with E-state index < -0.39 is 15.4 Å². The monoisotopic (exact) mass is 440 g/mol. The van der Waals surface area contributed by atoms with Crippen molar-refractivity contribution in [3.63, 3.8) is 0 Å². The smallest absolute Gasteiger partial charge is 0.251 e. The molecule has 0 atom stereocenters. The van der Waals surface area contributed by atoms with Crippen LogP contribution in [0, 0.1) is 0 Å². The number of carbonyl (C=O) groups excluding carboxylic acids is 2. The average Bonchev–Trinajstić information content (AvgIpc) is 3.08. The lowest BCUT2D eigenvalue weighted by atomic mass is 9.71. The summed E-state index contributed by atoms with van der Waals surface area (Å²) in [5, 5.41) is 3.52. The zero-order chi connectivity index (χ0) is 22.6. The number of amides is 1. The molecule has 1 heterocycles. The number of anilines is 1. The molecule has 0 spiro atoms. The van der Waals surface area contributed by atoms with Gasteiger partial charge < -0.3 is 16.0 Å². The van der Waals surface area contributed by atoms with Crippen LogP contribution in [0.3, 0.4) is 0 Å². The fourth-order valence-electron chi connectivity index (χ4n) is 4.10. The van der Waals surface area contributed by atoms with Crippen molar-refractivity contribution in [3.05, 3.63) is 64.3 Å². The van der Waals surface area contributed by atoms with Crippen LogP contribution in [0.15, 0.2) is 36.4 Å². The van der Waals surface area contributed by atoms with Crippen molar-refractivity contribution in [2.75, 3.05) is 25.1 Å². The molecule has 0 saturated carbocycles. The van der Waals surface area contributed by atoms with Crippen molar-refractivity contribution in [3.8, 4) is 0 Å². The molecule has 0 aliphatic heterocycles. The van der Waals surface area contributed by atoms with Gasteiger partial charge in [-0.15, -0.1) is 0 Å². The summed E-state index contributed by atoms with van der Waals surface area (Å²) in [5.74, 6) is -0.429. The highest BCUT2D eigenvalue weighted by Gasteiger charge is 2.39. The quantitative estimate of drug-likeness (QED) is 0.355. The fraction of sp³-hybridized carbons (Fsp3) is 0.273. The lowest BCUT2D eigenvalue weighted by molar-refractivity contribution is 0.0952. The van der Waals surface area contributed by atoms with Crippen LogP contribution in [0.2, 0.25) is 0 Å². The van der Waals surface area contributed by atoms with Gasteiger partial charge in [0, 0.05) is 51.9 Å².